The molecule has 0 radical (unpaired) electrons. The molecule has 0 saturated heterocycles. The highest BCUT2D eigenvalue weighted by Gasteiger charge is 2.05. The zero-order valence-corrected chi connectivity index (χ0v) is 7.81. The van der Waals surface area contributed by atoms with Gasteiger partial charge < -0.3 is 4.52 Å². The lowest BCUT2D eigenvalue weighted by Crippen LogP contribution is -1.94. The fourth-order valence-corrected chi connectivity index (χ4v) is 1.43. The van der Waals surface area contributed by atoms with Crippen molar-refractivity contribution in [2.24, 2.45) is 0 Å². The molecule has 62 valence electrons. The van der Waals surface area contributed by atoms with Crippen LogP contribution in [-0.4, -0.2) is 0 Å². The van der Waals surface area contributed by atoms with Gasteiger partial charge in [-0.05, 0) is 12.0 Å². The van der Waals surface area contributed by atoms with Crippen LogP contribution in [0, 0.1) is 0 Å². The summed E-state index contributed by atoms with van der Waals surface area (Å²) in [4.78, 5) is 0. The van der Waals surface area contributed by atoms with E-state index in [2.05, 4.69) is 28.5 Å². The van der Waals surface area contributed by atoms with E-state index in [4.69, 9.17) is 4.52 Å². The molecule has 1 aromatic rings. The lowest BCUT2D eigenvalue weighted by Gasteiger charge is -2.11. The van der Waals surface area contributed by atoms with Gasteiger partial charge in [0.1, 0.15) is 0 Å². The van der Waals surface area contributed by atoms with E-state index in [0.29, 0.717) is 0 Å². The van der Waals surface area contributed by atoms with Crippen molar-refractivity contribution in [2.75, 3.05) is 0 Å². The van der Waals surface area contributed by atoms with Crippen LogP contribution in [0.3, 0.4) is 0 Å². The molecule has 0 spiro atoms. The van der Waals surface area contributed by atoms with Crippen LogP contribution >= 0.6 is 9.47 Å². The van der Waals surface area contributed by atoms with Crippen LogP contribution in [0.2, 0.25) is 0 Å². The first-order valence-electron chi connectivity index (χ1n) is 3.79. The van der Waals surface area contributed by atoms with E-state index in [1.165, 1.54) is 5.56 Å². The second-order valence-corrected chi connectivity index (χ2v) is 2.72. The van der Waals surface area contributed by atoms with Gasteiger partial charge in [0.2, 0.25) is 0 Å². The molecule has 1 rings (SSSR count). The molecule has 0 amide bonds. The van der Waals surface area contributed by atoms with Gasteiger partial charge in [0.05, 0.1) is 6.10 Å². The van der Waals surface area contributed by atoms with Crippen LogP contribution in [0.25, 0.3) is 0 Å². The normalized spacial score (nSPS) is 12.9. The minimum Gasteiger partial charge on any atom is -0.358 e. The third kappa shape index (κ3) is 2.28. The fraction of sp³-hybridized carbons (Fsp3) is 0.333. The van der Waals surface area contributed by atoms with Gasteiger partial charge in [-0.25, -0.2) is 0 Å². The van der Waals surface area contributed by atoms with Gasteiger partial charge in [0.25, 0.3) is 0 Å². The number of hydrogen-bond acceptors (Lipinski definition) is 1. The maximum atomic E-state index is 5.20. The molecule has 0 aliphatic rings. The standard InChI is InChI=1S/C9H13OP.H2/c1-2-9(10-11)8-6-4-3-5-7-8;/h3-7,9H,2,11H2,1H3;1H/i;1+2. The van der Waals surface area contributed by atoms with Crippen molar-refractivity contribution < 1.29 is 5.95 Å². The molecule has 1 aromatic carbocycles. The molecule has 0 N–H and O–H groups in total. The first-order chi connectivity index (χ1) is 5.38. The van der Waals surface area contributed by atoms with Gasteiger partial charge >= 0.3 is 0 Å². The van der Waals surface area contributed by atoms with Crippen LogP contribution < -0.4 is 0 Å². The third-order valence-corrected chi connectivity index (χ3v) is 2.03. The molecule has 2 unspecified atom stereocenters. The molecule has 0 aliphatic carbocycles. The van der Waals surface area contributed by atoms with Crippen molar-refractivity contribution in [2.45, 2.75) is 19.4 Å². The molecule has 11 heavy (non-hydrogen) atoms. The molecule has 2 heteroatoms. The summed E-state index contributed by atoms with van der Waals surface area (Å²) in [7, 11) is 2.31. The summed E-state index contributed by atoms with van der Waals surface area (Å²) in [6.07, 6.45) is 1.23. The van der Waals surface area contributed by atoms with E-state index in [0.717, 1.165) is 6.42 Å². The second kappa shape index (κ2) is 4.48. The van der Waals surface area contributed by atoms with Crippen LogP contribution in [0.1, 0.15) is 26.4 Å². The fourth-order valence-electron chi connectivity index (χ4n) is 1.08. The van der Waals surface area contributed by atoms with Crippen molar-refractivity contribution in [3.05, 3.63) is 35.9 Å². The molecule has 0 heterocycles. The van der Waals surface area contributed by atoms with Crippen molar-refractivity contribution >= 4 is 9.47 Å². The molecule has 0 saturated carbocycles. The highest BCUT2D eigenvalue weighted by atomic mass is 31.0. The highest BCUT2D eigenvalue weighted by molar-refractivity contribution is 7.09. The van der Waals surface area contributed by atoms with Crippen molar-refractivity contribution in [3.63, 3.8) is 0 Å². The number of benzene rings is 1. The predicted molar refractivity (Wildman–Crippen MR) is 52.4 cm³/mol. The molecule has 0 aliphatic heterocycles. The van der Waals surface area contributed by atoms with Gasteiger partial charge in [-0.3, -0.25) is 0 Å². The Morgan fingerprint density at radius 2 is 2.09 bits per heavy atom. The van der Waals surface area contributed by atoms with Gasteiger partial charge in [-0.15, -0.1) is 0 Å². The third-order valence-electron chi connectivity index (χ3n) is 1.71. The average Bonchev–Trinajstić information content (AvgIpc) is 2.09. The Labute approximate surface area is 71.5 Å². The summed E-state index contributed by atoms with van der Waals surface area (Å²) in [5.41, 5.74) is 1.24. The highest BCUT2D eigenvalue weighted by Crippen LogP contribution is 2.22. The Kier molecular flexibility index (Phi) is 3.55. The maximum Gasteiger partial charge on any atom is 0.0858 e. The molecule has 2 atom stereocenters. The Morgan fingerprint density at radius 3 is 2.55 bits per heavy atom. The largest absolute Gasteiger partial charge is 0.358 e. The van der Waals surface area contributed by atoms with Crippen LogP contribution in [0.15, 0.2) is 30.3 Å². The Balaban J connectivity index is 0.00000121. The molecular formula is C9H15OP. The summed E-state index contributed by atoms with van der Waals surface area (Å²) in [6, 6.07) is 10.2. The van der Waals surface area contributed by atoms with E-state index in [9.17, 15) is 0 Å². The van der Waals surface area contributed by atoms with Crippen LogP contribution in [0.5, 0.6) is 0 Å². The van der Waals surface area contributed by atoms with E-state index in [1.807, 2.05) is 18.2 Å². The van der Waals surface area contributed by atoms with Gasteiger partial charge in [0, 0.05) is 10.9 Å². The first kappa shape index (κ1) is 8.70. The molecule has 1 nitrogen and oxygen atoms in total. The Hall–Kier alpha value is -0.390. The van der Waals surface area contributed by atoms with Gasteiger partial charge in [-0.2, -0.15) is 0 Å². The lowest BCUT2D eigenvalue weighted by molar-refractivity contribution is 0.240. The van der Waals surface area contributed by atoms with Crippen LogP contribution in [-0.2, 0) is 4.52 Å². The van der Waals surface area contributed by atoms with E-state index >= 15 is 0 Å². The topological polar surface area (TPSA) is 9.23 Å². The minimum absolute atomic E-state index is 0. The van der Waals surface area contributed by atoms with Crippen molar-refractivity contribution in [3.8, 4) is 0 Å². The summed E-state index contributed by atoms with van der Waals surface area (Å²) >= 11 is 0. The van der Waals surface area contributed by atoms with E-state index in [-0.39, 0.29) is 7.53 Å². The Bertz CT molecular complexity index is 199. The number of hydrogen-bond donors (Lipinski definition) is 0. The lowest BCUT2D eigenvalue weighted by atomic mass is 10.1. The SMILES string of the molecule is CCC(OP)c1ccccc1.[3HH]. The summed E-state index contributed by atoms with van der Waals surface area (Å²) < 4.78 is 5.20. The van der Waals surface area contributed by atoms with Crippen LogP contribution in [0.4, 0.5) is 0 Å². The van der Waals surface area contributed by atoms with Gasteiger partial charge in [0.15, 0.2) is 0 Å². The molecule has 0 bridgehead atoms. The summed E-state index contributed by atoms with van der Waals surface area (Å²) in [5.74, 6) is 0. The zero-order chi connectivity index (χ0) is 8.10. The quantitative estimate of drug-likeness (QED) is 0.636. The Morgan fingerprint density at radius 1 is 1.45 bits per heavy atom. The molecular weight excluding hydrogens is 155 g/mol. The zero-order valence-electron chi connectivity index (χ0n) is 6.66. The average molecular weight is 172 g/mol. The molecule has 0 aromatic heterocycles. The maximum absolute atomic E-state index is 5.20. The first-order valence-corrected chi connectivity index (χ1v) is 4.26. The summed E-state index contributed by atoms with van der Waals surface area (Å²) in [6.45, 7) is 2.11. The van der Waals surface area contributed by atoms with Crippen molar-refractivity contribution in [1.82, 2.24) is 0 Å². The predicted octanol–water partition coefficient (Wildman–Crippen LogP) is 3.19. The molecule has 0 fully saturated rings. The smallest absolute Gasteiger partial charge is 0.0858 e. The summed E-state index contributed by atoms with van der Waals surface area (Å²) in [5, 5.41) is 0. The van der Waals surface area contributed by atoms with Gasteiger partial charge in [-0.1, -0.05) is 37.3 Å². The van der Waals surface area contributed by atoms with E-state index in [1.54, 1.807) is 0 Å². The monoisotopic (exact) mass is 172 g/mol. The number of rotatable bonds is 3. The van der Waals surface area contributed by atoms with E-state index < -0.39 is 0 Å². The van der Waals surface area contributed by atoms with Crippen molar-refractivity contribution in [1.29, 1.82) is 0 Å². The minimum atomic E-state index is 0. The second-order valence-electron chi connectivity index (χ2n) is 2.44.